The Bertz CT molecular complexity index is 2260. The van der Waals surface area contributed by atoms with Crippen molar-refractivity contribution < 1.29 is 27.9 Å². The molecule has 270 valence electrons. The van der Waals surface area contributed by atoms with Crippen LogP contribution in [-0.2, 0) is 11.2 Å². The minimum Gasteiger partial charge on any atom is -0.381 e. The highest BCUT2D eigenvalue weighted by Gasteiger charge is 2.45. The summed E-state index contributed by atoms with van der Waals surface area (Å²) in [6.45, 7) is 7.24. The smallest absolute Gasteiger partial charge is 0.270 e. The molecule has 0 saturated carbocycles. The van der Waals surface area contributed by atoms with E-state index >= 15 is 4.39 Å². The number of fused-ring (bicyclic) bond motifs is 3. The van der Waals surface area contributed by atoms with E-state index < -0.39 is 17.5 Å². The molecule has 0 bridgehead atoms. The van der Waals surface area contributed by atoms with Crippen LogP contribution < -0.4 is 20.4 Å². The number of rotatable bonds is 6. The molecule has 8 rings (SSSR count). The van der Waals surface area contributed by atoms with Crippen LogP contribution in [-0.4, -0.2) is 60.5 Å². The Morgan fingerprint density at radius 3 is 2.43 bits per heavy atom. The number of aryl methyl sites for hydroxylation is 2. The molecule has 0 aliphatic carbocycles. The molecule has 6 heterocycles. The van der Waals surface area contributed by atoms with Crippen molar-refractivity contribution in [2.75, 3.05) is 53.3 Å². The normalized spacial score (nSPS) is 15.9. The van der Waals surface area contributed by atoms with Gasteiger partial charge >= 0.3 is 0 Å². The van der Waals surface area contributed by atoms with E-state index in [9.17, 15) is 18.8 Å². The number of nitrogens with zero attached hydrogens (tertiary/aromatic N) is 4. The number of ether oxygens (including phenoxy) is 1. The lowest BCUT2D eigenvalue weighted by atomic mass is 9.73. The summed E-state index contributed by atoms with van der Waals surface area (Å²) < 4.78 is 35.6. The maximum Gasteiger partial charge on any atom is 0.270 e. The number of aromatic nitrogens is 2. The van der Waals surface area contributed by atoms with E-state index in [1.165, 1.54) is 12.3 Å². The first-order chi connectivity index (χ1) is 25.6. The molecule has 1 spiro atoms. The highest BCUT2D eigenvalue weighted by molar-refractivity contribution is 7.17. The Morgan fingerprint density at radius 2 is 1.68 bits per heavy atom. The van der Waals surface area contributed by atoms with E-state index in [2.05, 4.69) is 20.5 Å². The minimum absolute atomic E-state index is 0.149. The van der Waals surface area contributed by atoms with Crippen LogP contribution in [0, 0.1) is 30.9 Å². The number of nitrogens with one attached hydrogen (secondary N) is 2. The van der Waals surface area contributed by atoms with Gasteiger partial charge in [0.25, 0.3) is 17.7 Å². The molecule has 0 atom stereocenters. The number of thiophene rings is 1. The van der Waals surface area contributed by atoms with Crippen LogP contribution in [0.1, 0.15) is 60.1 Å². The van der Waals surface area contributed by atoms with Gasteiger partial charge in [-0.2, -0.15) is 0 Å². The van der Waals surface area contributed by atoms with Crippen LogP contribution in [0.3, 0.4) is 0 Å². The second-order valence-electron chi connectivity index (χ2n) is 13.8. The molecular formula is C40H36F2N6O4S. The summed E-state index contributed by atoms with van der Waals surface area (Å²) in [5.41, 5.74) is 4.91. The Kier molecular flexibility index (Phi) is 8.99. The third-order valence-corrected chi connectivity index (χ3v) is 11.6. The summed E-state index contributed by atoms with van der Waals surface area (Å²) in [5, 5.41) is 5.35. The van der Waals surface area contributed by atoms with Gasteiger partial charge in [-0.15, -0.1) is 11.3 Å². The zero-order chi connectivity index (χ0) is 36.9. The number of benzene rings is 2. The number of carbonyl (C=O) groups excluding carboxylic acids is 3. The van der Waals surface area contributed by atoms with Crippen LogP contribution in [0.25, 0.3) is 10.4 Å². The largest absolute Gasteiger partial charge is 0.381 e. The van der Waals surface area contributed by atoms with Gasteiger partial charge in [0.15, 0.2) is 17.5 Å². The van der Waals surface area contributed by atoms with Crippen molar-refractivity contribution in [2.45, 2.75) is 33.1 Å². The van der Waals surface area contributed by atoms with Gasteiger partial charge in [0.05, 0.1) is 11.3 Å². The van der Waals surface area contributed by atoms with Crippen LogP contribution in [0.4, 0.5) is 31.8 Å². The fourth-order valence-electron chi connectivity index (χ4n) is 7.32. The molecule has 3 aromatic heterocycles. The highest BCUT2D eigenvalue weighted by Crippen LogP contribution is 2.45. The quantitative estimate of drug-likeness (QED) is 0.187. The van der Waals surface area contributed by atoms with Crippen molar-refractivity contribution >= 4 is 52.1 Å². The van der Waals surface area contributed by atoms with Crippen LogP contribution >= 0.6 is 11.3 Å². The third-order valence-electron chi connectivity index (χ3n) is 10.4. The molecule has 2 aromatic carbocycles. The first-order valence-corrected chi connectivity index (χ1v) is 18.3. The summed E-state index contributed by atoms with van der Waals surface area (Å²) in [6.07, 6.45) is 3.49. The molecule has 0 radical (unpaired) electrons. The lowest BCUT2D eigenvalue weighted by molar-refractivity contribution is -0.000520. The Labute approximate surface area is 308 Å². The number of hydrogen-bond donors (Lipinski definition) is 2. The maximum atomic E-state index is 15.9. The average molecular weight is 735 g/mol. The standard InChI is InChI=1S/C40H36F2N6O4S/c1-23-20-29(36(44-24(23)2)47-21-40(22-47)14-18-52-19-15-40)37(49)45-26-11-9-25(10-12-26)39(51)48-17-13-28-32(42)34(38(50)46-35-30(41)7-5-16-43-35)53-33(28)27-6-3-4-8-31(27)48/h3-12,16,20H,13-15,17-19,21-22H2,1-2H3,(H,45,49)(H,43,46,50). The van der Waals surface area contributed by atoms with Gasteiger partial charge in [0.2, 0.25) is 0 Å². The van der Waals surface area contributed by atoms with Gasteiger partial charge in [0, 0.05) is 77.4 Å². The molecule has 13 heteroatoms. The number of para-hydroxylation sites is 1. The number of hydrogen-bond acceptors (Lipinski definition) is 8. The van der Waals surface area contributed by atoms with Crippen molar-refractivity contribution in [3.05, 3.63) is 117 Å². The highest BCUT2D eigenvalue weighted by atomic mass is 32.1. The summed E-state index contributed by atoms with van der Waals surface area (Å²) in [7, 11) is 0. The average Bonchev–Trinajstić information content (AvgIpc) is 3.39. The van der Waals surface area contributed by atoms with Gasteiger partial charge in [0.1, 0.15) is 10.7 Å². The van der Waals surface area contributed by atoms with E-state index in [0.717, 1.165) is 67.8 Å². The SMILES string of the molecule is Cc1cc(C(=O)Nc2ccc(C(=O)N3CCc4c(sc(C(=O)Nc5ncccc5F)c4F)-c4ccccc43)cc2)c(N2CC3(CCOCC3)C2)nc1C. The van der Waals surface area contributed by atoms with Crippen LogP contribution in [0.15, 0.2) is 72.9 Å². The summed E-state index contributed by atoms with van der Waals surface area (Å²) in [6, 6.07) is 18.3. The van der Waals surface area contributed by atoms with Crippen molar-refractivity contribution in [1.82, 2.24) is 9.97 Å². The number of pyridine rings is 2. The van der Waals surface area contributed by atoms with Gasteiger partial charge < -0.3 is 25.2 Å². The van der Waals surface area contributed by atoms with Crippen molar-refractivity contribution in [1.29, 1.82) is 0 Å². The first-order valence-electron chi connectivity index (χ1n) is 17.5. The third kappa shape index (κ3) is 6.44. The topological polar surface area (TPSA) is 117 Å². The lowest BCUT2D eigenvalue weighted by Crippen LogP contribution is -2.59. The van der Waals surface area contributed by atoms with E-state index in [0.29, 0.717) is 44.3 Å². The van der Waals surface area contributed by atoms with Crippen molar-refractivity contribution in [3.63, 3.8) is 0 Å². The summed E-state index contributed by atoms with van der Waals surface area (Å²) in [5.74, 6) is -2.43. The first kappa shape index (κ1) is 34.6. The van der Waals surface area contributed by atoms with Crippen molar-refractivity contribution in [3.8, 4) is 10.4 Å². The second kappa shape index (κ2) is 13.8. The Balaban J connectivity index is 0.995. The molecule has 2 saturated heterocycles. The second-order valence-corrected chi connectivity index (χ2v) is 14.8. The van der Waals surface area contributed by atoms with Crippen LogP contribution in [0.5, 0.6) is 0 Å². The summed E-state index contributed by atoms with van der Waals surface area (Å²) >= 11 is 0.954. The maximum absolute atomic E-state index is 15.9. The lowest BCUT2D eigenvalue weighted by Gasteiger charge is -2.53. The number of anilines is 4. The van der Waals surface area contributed by atoms with Gasteiger partial charge in [-0.3, -0.25) is 14.4 Å². The number of amides is 3. The molecular weight excluding hydrogens is 699 g/mol. The molecule has 3 amide bonds. The Morgan fingerprint density at radius 1 is 0.925 bits per heavy atom. The fraction of sp³-hybridized carbons (Fsp3) is 0.275. The van der Waals surface area contributed by atoms with E-state index in [4.69, 9.17) is 9.72 Å². The van der Waals surface area contributed by atoms with Crippen molar-refractivity contribution in [2.24, 2.45) is 5.41 Å². The number of halogens is 2. The molecule has 2 N–H and O–H groups in total. The zero-order valence-electron chi connectivity index (χ0n) is 29.2. The van der Waals surface area contributed by atoms with E-state index in [1.54, 1.807) is 53.4 Å². The van der Waals surface area contributed by atoms with Gasteiger partial charge in [-0.25, -0.2) is 18.7 Å². The van der Waals surface area contributed by atoms with Gasteiger partial charge in [-0.05, 0) is 87.2 Å². The molecule has 10 nitrogen and oxygen atoms in total. The predicted molar refractivity (Wildman–Crippen MR) is 200 cm³/mol. The summed E-state index contributed by atoms with van der Waals surface area (Å²) in [4.78, 5) is 53.5. The molecule has 3 aliphatic rings. The molecule has 53 heavy (non-hydrogen) atoms. The molecule has 5 aromatic rings. The van der Waals surface area contributed by atoms with Gasteiger partial charge in [-0.1, -0.05) is 18.2 Å². The molecule has 3 aliphatic heterocycles. The number of carbonyl (C=O) groups is 3. The van der Waals surface area contributed by atoms with E-state index in [1.807, 2.05) is 19.9 Å². The van der Waals surface area contributed by atoms with Crippen LogP contribution in [0.2, 0.25) is 0 Å². The zero-order valence-corrected chi connectivity index (χ0v) is 30.0. The fourth-order valence-corrected chi connectivity index (χ4v) is 8.47. The predicted octanol–water partition coefficient (Wildman–Crippen LogP) is 7.42. The molecule has 2 fully saturated rings. The molecule has 0 unspecified atom stereocenters. The van der Waals surface area contributed by atoms with E-state index in [-0.39, 0.29) is 40.9 Å². The Hall–Kier alpha value is -5.53. The monoisotopic (exact) mass is 734 g/mol. The minimum atomic E-state index is -0.801.